The van der Waals surface area contributed by atoms with Crippen molar-refractivity contribution in [3.8, 4) is 0 Å². The topological polar surface area (TPSA) is 27.7 Å². The maximum atomic E-state index is 5.45. The Morgan fingerprint density at radius 2 is 2.11 bits per heavy atom. The van der Waals surface area contributed by atoms with Crippen LogP contribution in [0, 0.1) is 0 Å². The van der Waals surface area contributed by atoms with Gasteiger partial charge in [0, 0.05) is 38.8 Å². The highest BCUT2D eigenvalue weighted by atomic mass is 16.5. The number of methoxy groups -OCH3 is 1. The van der Waals surface area contributed by atoms with Gasteiger partial charge in [-0.1, -0.05) is 13.8 Å². The number of rotatable bonds is 8. The van der Waals surface area contributed by atoms with Crippen LogP contribution in [-0.2, 0) is 4.74 Å². The van der Waals surface area contributed by atoms with E-state index in [9.17, 15) is 0 Å². The average molecular weight is 271 g/mol. The van der Waals surface area contributed by atoms with Gasteiger partial charge in [0.1, 0.15) is 0 Å². The molecule has 0 radical (unpaired) electrons. The third-order valence-corrected chi connectivity index (χ3v) is 4.05. The Bertz CT molecular complexity index is 225. The van der Waals surface area contributed by atoms with Crippen molar-refractivity contribution < 1.29 is 4.74 Å². The molecule has 0 aromatic carbocycles. The van der Waals surface area contributed by atoms with Gasteiger partial charge in [0.2, 0.25) is 0 Å². The van der Waals surface area contributed by atoms with Gasteiger partial charge in [-0.05, 0) is 39.4 Å². The lowest BCUT2D eigenvalue weighted by Gasteiger charge is -2.37. The first-order valence-electron chi connectivity index (χ1n) is 7.86. The van der Waals surface area contributed by atoms with Crippen molar-refractivity contribution in [3.05, 3.63) is 0 Å². The largest absolute Gasteiger partial charge is 0.383 e. The van der Waals surface area contributed by atoms with Crippen molar-refractivity contribution in [1.29, 1.82) is 0 Å². The fourth-order valence-electron chi connectivity index (χ4n) is 3.02. The minimum Gasteiger partial charge on any atom is -0.383 e. The van der Waals surface area contributed by atoms with Crippen LogP contribution in [0.3, 0.4) is 0 Å². The van der Waals surface area contributed by atoms with Gasteiger partial charge in [-0.15, -0.1) is 0 Å². The summed E-state index contributed by atoms with van der Waals surface area (Å²) in [7, 11) is 4.06. The van der Waals surface area contributed by atoms with Crippen LogP contribution in [0.1, 0.15) is 33.1 Å². The molecule has 0 aromatic rings. The zero-order chi connectivity index (χ0) is 14.1. The summed E-state index contributed by atoms with van der Waals surface area (Å²) in [5.41, 5.74) is 0. The van der Waals surface area contributed by atoms with E-state index in [0.717, 1.165) is 19.7 Å². The Balaban J connectivity index is 2.61. The molecule has 0 aromatic heterocycles. The van der Waals surface area contributed by atoms with E-state index in [2.05, 4.69) is 36.0 Å². The molecule has 2 unspecified atom stereocenters. The standard InChI is InChI=1S/C15H33N3O/c1-5-8-16-11-15(13-19-4)18-10-7-9-17(3)12-14(18)6-2/h14-16H,5-13H2,1-4H3. The highest BCUT2D eigenvalue weighted by molar-refractivity contribution is 4.84. The minimum absolute atomic E-state index is 0.507. The van der Waals surface area contributed by atoms with Crippen molar-refractivity contribution in [3.63, 3.8) is 0 Å². The van der Waals surface area contributed by atoms with Crippen LogP contribution in [0.2, 0.25) is 0 Å². The van der Waals surface area contributed by atoms with Gasteiger partial charge in [-0.2, -0.15) is 0 Å². The second-order valence-corrected chi connectivity index (χ2v) is 5.73. The summed E-state index contributed by atoms with van der Waals surface area (Å²) in [6.07, 6.45) is 3.68. The smallest absolute Gasteiger partial charge is 0.0630 e. The van der Waals surface area contributed by atoms with E-state index in [0.29, 0.717) is 12.1 Å². The maximum absolute atomic E-state index is 5.45. The molecular formula is C15H33N3O. The highest BCUT2D eigenvalue weighted by Crippen LogP contribution is 2.15. The molecule has 0 amide bonds. The summed E-state index contributed by atoms with van der Waals surface area (Å²) >= 11 is 0. The summed E-state index contributed by atoms with van der Waals surface area (Å²) in [6.45, 7) is 11.1. The zero-order valence-corrected chi connectivity index (χ0v) is 13.3. The third-order valence-electron chi connectivity index (χ3n) is 4.05. The van der Waals surface area contributed by atoms with Crippen molar-refractivity contribution in [2.75, 3.05) is 53.5 Å². The van der Waals surface area contributed by atoms with Gasteiger partial charge in [-0.25, -0.2) is 0 Å². The normalized spacial score (nSPS) is 24.3. The van der Waals surface area contributed by atoms with Gasteiger partial charge in [0.25, 0.3) is 0 Å². The molecule has 4 nitrogen and oxygen atoms in total. The van der Waals surface area contributed by atoms with E-state index in [1.807, 2.05) is 7.11 Å². The first-order chi connectivity index (χ1) is 9.22. The SMILES string of the molecule is CCCNCC(COC)N1CCCN(C)CC1CC. The predicted octanol–water partition coefficient (Wildman–Crippen LogP) is 1.42. The van der Waals surface area contributed by atoms with Crippen LogP contribution < -0.4 is 5.32 Å². The summed E-state index contributed by atoms with van der Waals surface area (Å²) in [4.78, 5) is 5.15. The quantitative estimate of drug-likeness (QED) is 0.676. The Labute approximate surface area is 119 Å². The van der Waals surface area contributed by atoms with E-state index in [1.54, 1.807) is 0 Å². The van der Waals surface area contributed by atoms with Gasteiger partial charge in [0.15, 0.2) is 0 Å². The van der Waals surface area contributed by atoms with Crippen molar-refractivity contribution >= 4 is 0 Å². The summed E-state index contributed by atoms with van der Waals surface area (Å²) in [5.74, 6) is 0. The number of nitrogens with one attached hydrogen (secondary N) is 1. The number of likely N-dealkylation sites (N-methyl/N-ethyl adjacent to an activating group) is 1. The highest BCUT2D eigenvalue weighted by Gasteiger charge is 2.27. The van der Waals surface area contributed by atoms with Crippen molar-refractivity contribution in [1.82, 2.24) is 15.1 Å². The molecule has 1 heterocycles. The van der Waals surface area contributed by atoms with Gasteiger partial charge in [-0.3, -0.25) is 4.90 Å². The number of nitrogens with zero attached hydrogens (tertiary/aromatic N) is 2. The Kier molecular flexibility index (Phi) is 8.62. The number of hydrogen-bond acceptors (Lipinski definition) is 4. The molecule has 114 valence electrons. The molecule has 1 aliphatic rings. The Morgan fingerprint density at radius 3 is 2.74 bits per heavy atom. The maximum Gasteiger partial charge on any atom is 0.0630 e. The van der Waals surface area contributed by atoms with Crippen LogP contribution in [0.15, 0.2) is 0 Å². The van der Waals surface area contributed by atoms with Crippen LogP contribution in [0.4, 0.5) is 0 Å². The lowest BCUT2D eigenvalue weighted by Crippen LogP contribution is -2.51. The molecular weight excluding hydrogens is 238 g/mol. The molecule has 0 saturated carbocycles. The average Bonchev–Trinajstić information content (AvgIpc) is 2.59. The first kappa shape index (κ1) is 16.9. The summed E-state index contributed by atoms with van der Waals surface area (Å²) in [5, 5.41) is 3.56. The van der Waals surface area contributed by atoms with Crippen LogP contribution in [0.5, 0.6) is 0 Å². The molecule has 0 aliphatic carbocycles. The van der Waals surface area contributed by atoms with Crippen molar-refractivity contribution in [2.24, 2.45) is 0 Å². The molecule has 1 saturated heterocycles. The van der Waals surface area contributed by atoms with Gasteiger partial charge >= 0.3 is 0 Å². The van der Waals surface area contributed by atoms with E-state index >= 15 is 0 Å². The summed E-state index contributed by atoms with van der Waals surface area (Å²) < 4.78 is 5.45. The first-order valence-corrected chi connectivity index (χ1v) is 7.86. The molecule has 0 spiro atoms. The predicted molar refractivity (Wildman–Crippen MR) is 81.7 cm³/mol. The zero-order valence-electron chi connectivity index (χ0n) is 13.3. The van der Waals surface area contributed by atoms with E-state index in [4.69, 9.17) is 4.74 Å². The second kappa shape index (κ2) is 9.70. The molecule has 19 heavy (non-hydrogen) atoms. The molecule has 1 N–H and O–H groups in total. The van der Waals surface area contributed by atoms with Crippen LogP contribution >= 0.6 is 0 Å². The van der Waals surface area contributed by atoms with E-state index in [-0.39, 0.29) is 0 Å². The molecule has 1 fully saturated rings. The molecule has 2 atom stereocenters. The lowest BCUT2D eigenvalue weighted by molar-refractivity contribution is 0.0593. The molecule has 1 aliphatic heterocycles. The molecule has 4 heteroatoms. The van der Waals surface area contributed by atoms with Gasteiger partial charge < -0.3 is 15.0 Å². The fraction of sp³-hybridized carbons (Fsp3) is 1.00. The van der Waals surface area contributed by atoms with E-state index < -0.39 is 0 Å². The lowest BCUT2D eigenvalue weighted by atomic mass is 10.1. The second-order valence-electron chi connectivity index (χ2n) is 5.73. The van der Waals surface area contributed by atoms with Crippen LogP contribution in [-0.4, -0.2) is 75.4 Å². The molecule has 0 bridgehead atoms. The number of ether oxygens (including phenoxy) is 1. The monoisotopic (exact) mass is 271 g/mol. The van der Waals surface area contributed by atoms with E-state index in [1.165, 1.54) is 38.9 Å². The third kappa shape index (κ3) is 5.78. The Hall–Kier alpha value is -0.160. The van der Waals surface area contributed by atoms with Gasteiger partial charge in [0.05, 0.1) is 6.61 Å². The minimum atomic E-state index is 0.507. The summed E-state index contributed by atoms with van der Waals surface area (Å²) in [6, 6.07) is 1.17. The Morgan fingerprint density at radius 1 is 1.32 bits per heavy atom. The van der Waals surface area contributed by atoms with Crippen LogP contribution in [0.25, 0.3) is 0 Å². The number of hydrogen-bond donors (Lipinski definition) is 1. The van der Waals surface area contributed by atoms with Crippen molar-refractivity contribution in [2.45, 2.75) is 45.2 Å². The fourth-order valence-corrected chi connectivity index (χ4v) is 3.02. The molecule has 1 rings (SSSR count).